The number of aromatic nitrogens is 3. The van der Waals surface area contributed by atoms with Gasteiger partial charge in [0.2, 0.25) is 5.91 Å². The Labute approximate surface area is 109 Å². The van der Waals surface area contributed by atoms with Gasteiger partial charge in [0, 0.05) is 11.7 Å². The standard InChI is InChI=1S/C12H13N5O2/c1-9(18)15-17-12(16(2)8-13-17)11(19)14-10-6-4-3-5-7-10/h3-8H,1-2H3,(H-,14,15,18,19). The molecule has 2 aromatic rings. The lowest BCUT2D eigenvalue weighted by molar-refractivity contribution is -0.675. The highest BCUT2D eigenvalue weighted by atomic mass is 16.3. The normalized spacial score (nSPS) is 11.4. The first-order valence-electron chi connectivity index (χ1n) is 5.60. The van der Waals surface area contributed by atoms with Crippen LogP contribution in [0.1, 0.15) is 12.7 Å². The number of carbonyl (C=O) groups is 1. The van der Waals surface area contributed by atoms with Crippen LogP contribution in [0, 0.1) is 0 Å². The van der Waals surface area contributed by atoms with Gasteiger partial charge >= 0.3 is 0 Å². The van der Waals surface area contributed by atoms with Gasteiger partial charge in [0.05, 0.1) is 23.7 Å². The van der Waals surface area contributed by atoms with Gasteiger partial charge < -0.3 is 5.11 Å². The van der Waals surface area contributed by atoms with Crippen molar-refractivity contribution in [2.45, 2.75) is 6.92 Å². The SMILES string of the molecule is CC(=O)Nn1nc[n+](C)c1C([O-])=Nc1ccccc1. The van der Waals surface area contributed by atoms with Gasteiger partial charge in [-0.3, -0.25) is 9.79 Å². The van der Waals surface area contributed by atoms with Crippen molar-refractivity contribution in [1.82, 2.24) is 9.89 Å². The van der Waals surface area contributed by atoms with E-state index in [1.165, 1.54) is 17.8 Å². The zero-order chi connectivity index (χ0) is 13.8. The maximum Gasteiger partial charge on any atom is 0.298 e. The van der Waals surface area contributed by atoms with Gasteiger partial charge in [-0.05, 0) is 12.1 Å². The molecule has 1 aromatic carbocycles. The quantitative estimate of drug-likeness (QED) is 0.446. The van der Waals surface area contributed by atoms with Crippen LogP contribution in [-0.4, -0.2) is 21.7 Å². The first-order valence-corrected chi connectivity index (χ1v) is 5.60. The van der Waals surface area contributed by atoms with Crippen LogP contribution in [0.25, 0.3) is 0 Å². The van der Waals surface area contributed by atoms with Gasteiger partial charge in [-0.2, -0.15) is 5.43 Å². The minimum atomic E-state index is -0.486. The molecule has 0 aliphatic carbocycles. The summed E-state index contributed by atoms with van der Waals surface area (Å²) < 4.78 is 1.49. The predicted molar refractivity (Wildman–Crippen MR) is 66.1 cm³/mol. The lowest BCUT2D eigenvalue weighted by atomic mass is 10.3. The second-order valence-electron chi connectivity index (χ2n) is 3.90. The highest BCUT2D eigenvalue weighted by Crippen LogP contribution is 2.10. The molecule has 0 saturated carbocycles. The second-order valence-corrected chi connectivity index (χ2v) is 3.90. The smallest absolute Gasteiger partial charge is 0.298 e. The van der Waals surface area contributed by atoms with E-state index in [-0.39, 0.29) is 11.7 Å². The van der Waals surface area contributed by atoms with Crippen LogP contribution in [-0.2, 0) is 11.8 Å². The molecule has 1 amide bonds. The van der Waals surface area contributed by atoms with E-state index in [0.717, 1.165) is 4.79 Å². The number of rotatable bonds is 3. The molecule has 98 valence electrons. The number of benzene rings is 1. The fraction of sp³-hybridized carbons (Fsp3) is 0.167. The molecule has 0 bridgehead atoms. The van der Waals surface area contributed by atoms with Crippen LogP contribution in [0.4, 0.5) is 5.69 Å². The van der Waals surface area contributed by atoms with Gasteiger partial charge in [-0.25, -0.2) is 4.57 Å². The van der Waals surface area contributed by atoms with Crippen molar-refractivity contribution in [2.75, 3.05) is 5.43 Å². The van der Waals surface area contributed by atoms with Crippen molar-refractivity contribution in [3.8, 4) is 0 Å². The number of hydrogen-bond donors (Lipinski definition) is 1. The molecule has 0 radical (unpaired) electrons. The molecule has 0 unspecified atom stereocenters. The van der Waals surface area contributed by atoms with Gasteiger partial charge in [-0.15, -0.1) is 0 Å². The fourth-order valence-corrected chi connectivity index (χ4v) is 1.53. The molecule has 0 saturated heterocycles. The third-order valence-corrected chi connectivity index (χ3v) is 2.32. The van der Waals surface area contributed by atoms with Crippen molar-refractivity contribution >= 4 is 17.5 Å². The molecule has 19 heavy (non-hydrogen) atoms. The van der Waals surface area contributed by atoms with E-state index in [9.17, 15) is 9.90 Å². The zero-order valence-corrected chi connectivity index (χ0v) is 10.6. The van der Waals surface area contributed by atoms with Crippen molar-refractivity contribution in [3.05, 3.63) is 42.5 Å². The molecule has 7 heteroatoms. The molecule has 0 aliphatic rings. The number of amides is 1. The molecule has 2 rings (SSSR count). The third-order valence-electron chi connectivity index (χ3n) is 2.32. The van der Waals surface area contributed by atoms with Gasteiger partial charge in [0.15, 0.2) is 0 Å². The molecule has 1 heterocycles. The Morgan fingerprint density at radius 3 is 2.74 bits per heavy atom. The van der Waals surface area contributed by atoms with Crippen LogP contribution in [0.15, 0.2) is 41.7 Å². The maximum atomic E-state index is 12.1. The monoisotopic (exact) mass is 259 g/mol. The number of carbonyl (C=O) groups excluding carboxylic acids is 1. The van der Waals surface area contributed by atoms with E-state index in [4.69, 9.17) is 0 Å². The number of aliphatic imine (C=N–C) groups is 1. The molecule has 0 spiro atoms. The number of aryl methyl sites for hydroxylation is 1. The Balaban J connectivity index is 2.38. The Kier molecular flexibility index (Phi) is 3.56. The average Bonchev–Trinajstić information content (AvgIpc) is 2.71. The zero-order valence-electron chi connectivity index (χ0n) is 10.6. The molecule has 1 aromatic heterocycles. The number of para-hydroxylation sites is 1. The minimum absolute atomic E-state index is 0.166. The van der Waals surface area contributed by atoms with Crippen molar-refractivity contribution in [3.63, 3.8) is 0 Å². The molecular weight excluding hydrogens is 246 g/mol. The predicted octanol–water partition coefficient (Wildman–Crippen LogP) is -0.764. The Bertz CT molecular complexity index is 618. The van der Waals surface area contributed by atoms with E-state index >= 15 is 0 Å². The highest BCUT2D eigenvalue weighted by Gasteiger charge is 2.17. The molecule has 7 nitrogen and oxygen atoms in total. The lowest BCUT2D eigenvalue weighted by Gasteiger charge is -2.08. The first kappa shape index (κ1) is 12.7. The van der Waals surface area contributed by atoms with E-state index < -0.39 is 5.90 Å². The summed E-state index contributed by atoms with van der Waals surface area (Å²) in [6.07, 6.45) is 1.42. The summed E-state index contributed by atoms with van der Waals surface area (Å²) >= 11 is 0. The van der Waals surface area contributed by atoms with Crippen LogP contribution in [0.5, 0.6) is 0 Å². The highest BCUT2D eigenvalue weighted by molar-refractivity contribution is 5.89. The molecule has 1 N–H and O–H groups in total. The van der Waals surface area contributed by atoms with E-state index in [0.29, 0.717) is 5.69 Å². The van der Waals surface area contributed by atoms with E-state index in [1.54, 1.807) is 31.3 Å². The van der Waals surface area contributed by atoms with Gasteiger partial charge in [0.1, 0.15) is 0 Å². The Morgan fingerprint density at radius 1 is 1.42 bits per heavy atom. The number of hydrogen-bond acceptors (Lipinski definition) is 4. The van der Waals surface area contributed by atoms with Crippen LogP contribution < -0.4 is 15.1 Å². The summed E-state index contributed by atoms with van der Waals surface area (Å²) in [5, 5.41) is 16.0. The van der Waals surface area contributed by atoms with Crippen LogP contribution in [0.3, 0.4) is 0 Å². The summed E-state index contributed by atoms with van der Waals surface area (Å²) in [4.78, 5) is 16.1. The van der Waals surface area contributed by atoms with E-state index in [1.807, 2.05) is 6.07 Å². The summed E-state index contributed by atoms with van der Waals surface area (Å²) in [5.74, 6) is -0.642. The lowest BCUT2D eigenvalue weighted by Crippen LogP contribution is -2.42. The molecule has 0 aliphatic heterocycles. The molecule has 0 atom stereocenters. The van der Waals surface area contributed by atoms with Crippen LogP contribution in [0.2, 0.25) is 0 Å². The van der Waals surface area contributed by atoms with Gasteiger partial charge in [-0.1, -0.05) is 18.2 Å². The Morgan fingerprint density at radius 2 is 2.11 bits per heavy atom. The van der Waals surface area contributed by atoms with Crippen molar-refractivity contribution in [2.24, 2.45) is 12.0 Å². The molecular formula is C12H13N5O2. The van der Waals surface area contributed by atoms with E-state index in [2.05, 4.69) is 15.5 Å². The van der Waals surface area contributed by atoms with Crippen LogP contribution >= 0.6 is 0 Å². The number of nitrogens with zero attached hydrogens (tertiary/aromatic N) is 4. The minimum Gasteiger partial charge on any atom is -0.854 e. The Hall–Kier alpha value is -2.70. The first-order chi connectivity index (χ1) is 9.08. The number of nitrogens with one attached hydrogen (secondary N) is 1. The summed E-state index contributed by atoms with van der Waals surface area (Å²) in [6, 6.07) is 8.85. The summed E-state index contributed by atoms with van der Waals surface area (Å²) in [7, 11) is 1.65. The molecule has 0 fully saturated rings. The summed E-state index contributed by atoms with van der Waals surface area (Å²) in [5.41, 5.74) is 2.97. The van der Waals surface area contributed by atoms with Crippen molar-refractivity contribution < 1.29 is 14.5 Å². The fourth-order valence-electron chi connectivity index (χ4n) is 1.53. The topological polar surface area (TPSA) is 86.2 Å². The van der Waals surface area contributed by atoms with Crippen molar-refractivity contribution in [1.29, 1.82) is 0 Å². The summed E-state index contributed by atoms with van der Waals surface area (Å²) in [6.45, 7) is 1.34. The maximum absolute atomic E-state index is 12.1. The average molecular weight is 259 g/mol. The largest absolute Gasteiger partial charge is 0.854 e. The third kappa shape index (κ3) is 2.95. The van der Waals surface area contributed by atoms with Gasteiger partial charge in [0.25, 0.3) is 12.2 Å². The second kappa shape index (κ2) is 5.30.